The molecule has 6 heteroatoms. The largest absolute Gasteiger partial charge is 0.480 e. The first-order chi connectivity index (χ1) is 10.9. The standard InChI is InChI=1S/C17H22N2O4/c1-3-11(2)17(23)19-10-13-7-5-4-6-12(13)8-14(19)16(22)18-9-15(20)21/h4-7,11,14H,3,8-10H2,1-2H3,(H,18,22)(H,20,21). The van der Waals surface area contributed by atoms with Crippen molar-refractivity contribution in [2.24, 2.45) is 5.92 Å². The number of hydrogen-bond acceptors (Lipinski definition) is 3. The topological polar surface area (TPSA) is 86.7 Å². The lowest BCUT2D eigenvalue weighted by Gasteiger charge is -2.37. The third-order valence-corrected chi connectivity index (χ3v) is 4.28. The van der Waals surface area contributed by atoms with Gasteiger partial charge in [-0.05, 0) is 17.5 Å². The summed E-state index contributed by atoms with van der Waals surface area (Å²) >= 11 is 0. The van der Waals surface area contributed by atoms with Crippen LogP contribution in [0.25, 0.3) is 0 Å². The summed E-state index contributed by atoms with van der Waals surface area (Å²) in [7, 11) is 0. The second-order valence-electron chi connectivity index (χ2n) is 5.88. The zero-order valence-corrected chi connectivity index (χ0v) is 13.4. The average molecular weight is 318 g/mol. The molecule has 2 unspecified atom stereocenters. The molecule has 124 valence electrons. The predicted molar refractivity (Wildman–Crippen MR) is 84.6 cm³/mol. The second-order valence-corrected chi connectivity index (χ2v) is 5.88. The molecule has 0 radical (unpaired) electrons. The first kappa shape index (κ1) is 17.0. The Kier molecular flexibility index (Phi) is 5.36. The molecule has 0 spiro atoms. The van der Waals surface area contributed by atoms with Gasteiger partial charge in [-0.3, -0.25) is 14.4 Å². The Morgan fingerprint density at radius 1 is 1.30 bits per heavy atom. The van der Waals surface area contributed by atoms with E-state index in [2.05, 4.69) is 5.32 Å². The summed E-state index contributed by atoms with van der Waals surface area (Å²) in [4.78, 5) is 37.2. The minimum atomic E-state index is -1.10. The van der Waals surface area contributed by atoms with Gasteiger partial charge in [0.1, 0.15) is 12.6 Å². The van der Waals surface area contributed by atoms with E-state index in [9.17, 15) is 14.4 Å². The van der Waals surface area contributed by atoms with E-state index in [1.807, 2.05) is 38.1 Å². The minimum Gasteiger partial charge on any atom is -0.480 e. The van der Waals surface area contributed by atoms with Crippen molar-refractivity contribution in [3.05, 3.63) is 35.4 Å². The van der Waals surface area contributed by atoms with Gasteiger partial charge in [0.15, 0.2) is 0 Å². The molecule has 6 nitrogen and oxygen atoms in total. The normalized spacial score (nSPS) is 18.0. The van der Waals surface area contributed by atoms with Crippen LogP contribution in [0, 0.1) is 5.92 Å². The van der Waals surface area contributed by atoms with Gasteiger partial charge in [0.25, 0.3) is 0 Å². The average Bonchev–Trinajstić information content (AvgIpc) is 2.56. The van der Waals surface area contributed by atoms with Crippen LogP contribution in [0.5, 0.6) is 0 Å². The van der Waals surface area contributed by atoms with Crippen molar-refractivity contribution in [3.8, 4) is 0 Å². The van der Waals surface area contributed by atoms with E-state index in [0.29, 0.717) is 19.4 Å². The van der Waals surface area contributed by atoms with Gasteiger partial charge in [-0.1, -0.05) is 38.1 Å². The highest BCUT2D eigenvalue weighted by Crippen LogP contribution is 2.25. The van der Waals surface area contributed by atoms with Gasteiger partial charge in [0, 0.05) is 18.9 Å². The lowest BCUT2D eigenvalue weighted by atomic mass is 9.92. The molecule has 23 heavy (non-hydrogen) atoms. The molecular weight excluding hydrogens is 296 g/mol. The zero-order valence-electron chi connectivity index (χ0n) is 13.4. The van der Waals surface area contributed by atoms with Crippen molar-refractivity contribution in [1.29, 1.82) is 0 Å². The van der Waals surface area contributed by atoms with Crippen molar-refractivity contribution in [3.63, 3.8) is 0 Å². The number of nitrogens with one attached hydrogen (secondary N) is 1. The summed E-state index contributed by atoms with van der Waals surface area (Å²) in [5, 5.41) is 11.1. The maximum absolute atomic E-state index is 12.6. The lowest BCUT2D eigenvalue weighted by Crippen LogP contribution is -2.54. The third-order valence-electron chi connectivity index (χ3n) is 4.28. The number of carbonyl (C=O) groups is 3. The van der Waals surface area contributed by atoms with E-state index in [0.717, 1.165) is 11.1 Å². The molecule has 0 fully saturated rings. The molecule has 2 rings (SSSR count). The highest BCUT2D eigenvalue weighted by molar-refractivity contribution is 5.90. The van der Waals surface area contributed by atoms with Gasteiger partial charge in [-0.2, -0.15) is 0 Å². The van der Waals surface area contributed by atoms with Crippen molar-refractivity contribution in [2.75, 3.05) is 6.54 Å². The molecule has 1 heterocycles. The molecule has 2 atom stereocenters. The maximum Gasteiger partial charge on any atom is 0.322 e. The fourth-order valence-electron chi connectivity index (χ4n) is 2.73. The fraction of sp³-hybridized carbons (Fsp3) is 0.471. The molecule has 0 aliphatic carbocycles. The van der Waals surface area contributed by atoms with Crippen LogP contribution in [0.4, 0.5) is 0 Å². The number of nitrogens with zero attached hydrogens (tertiary/aromatic N) is 1. The Bertz CT molecular complexity index is 614. The van der Waals surface area contributed by atoms with Crippen LogP contribution in [0.1, 0.15) is 31.4 Å². The summed E-state index contributed by atoms with van der Waals surface area (Å²) in [5.41, 5.74) is 2.06. The molecule has 0 saturated heterocycles. The molecule has 1 aliphatic rings. The molecular formula is C17H22N2O4. The van der Waals surface area contributed by atoms with E-state index in [-0.39, 0.29) is 11.8 Å². The molecule has 0 saturated carbocycles. The number of carboxylic acids is 1. The Hall–Kier alpha value is -2.37. The summed E-state index contributed by atoms with van der Waals surface area (Å²) < 4.78 is 0. The summed E-state index contributed by atoms with van der Waals surface area (Å²) in [5.74, 6) is -1.76. The van der Waals surface area contributed by atoms with E-state index in [1.165, 1.54) is 0 Å². The highest BCUT2D eigenvalue weighted by Gasteiger charge is 2.35. The smallest absolute Gasteiger partial charge is 0.322 e. The van der Waals surface area contributed by atoms with E-state index in [4.69, 9.17) is 5.11 Å². The van der Waals surface area contributed by atoms with Crippen molar-refractivity contribution >= 4 is 17.8 Å². The van der Waals surface area contributed by atoms with Crippen molar-refractivity contribution in [1.82, 2.24) is 10.2 Å². The first-order valence-corrected chi connectivity index (χ1v) is 7.80. The summed E-state index contributed by atoms with van der Waals surface area (Å²) in [6.45, 7) is 3.71. The van der Waals surface area contributed by atoms with Gasteiger partial charge < -0.3 is 15.3 Å². The van der Waals surface area contributed by atoms with Crippen LogP contribution < -0.4 is 5.32 Å². The zero-order chi connectivity index (χ0) is 17.0. The minimum absolute atomic E-state index is 0.0718. The van der Waals surface area contributed by atoms with E-state index >= 15 is 0 Å². The van der Waals surface area contributed by atoms with Gasteiger partial charge in [0.2, 0.25) is 11.8 Å². The summed E-state index contributed by atoms with van der Waals surface area (Å²) in [6, 6.07) is 7.05. The molecule has 2 amide bonds. The lowest BCUT2D eigenvalue weighted by molar-refractivity contribution is -0.145. The quantitative estimate of drug-likeness (QED) is 0.854. The fourth-order valence-corrected chi connectivity index (χ4v) is 2.73. The number of benzene rings is 1. The molecule has 2 N–H and O–H groups in total. The number of carboxylic acid groups (broad SMARTS) is 1. The molecule has 1 aliphatic heterocycles. The predicted octanol–water partition coefficient (Wildman–Crippen LogP) is 1.19. The molecule has 1 aromatic rings. The van der Waals surface area contributed by atoms with Crippen LogP contribution in [-0.2, 0) is 27.3 Å². The van der Waals surface area contributed by atoms with Gasteiger partial charge in [-0.15, -0.1) is 0 Å². The number of rotatable bonds is 5. The second kappa shape index (κ2) is 7.26. The highest BCUT2D eigenvalue weighted by atomic mass is 16.4. The number of hydrogen-bond donors (Lipinski definition) is 2. The molecule has 0 bridgehead atoms. The number of aliphatic carboxylic acids is 1. The number of fused-ring (bicyclic) bond motifs is 1. The van der Waals surface area contributed by atoms with Crippen LogP contribution >= 0.6 is 0 Å². The number of carbonyl (C=O) groups excluding carboxylic acids is 2. The van der Waals surface area contributed by atoms with Crippen molar-refractivity contribution in [2.45, 2.75) is 39.3 Å². The Morgan fingerprint density at radius 2 is 1.96 bits per heavy atom. The third kappa shape index (κ3) is 3.88. The van der Waals surface area contributed by atoms with E-state index < -0.39 is 24.5 Å². The Morgan fingerprint density at radius 3 is 2.57 bits per heavy atom. The maximum atomic E-state index is 12.6. The van der Waals surface area contributed by atoms with E-state index in [1.54, 1.807) is 4.90 Å². The summed E-state index contributed by atoms with van der Waals surface area (Å²) in [6.07, 6.45) is 1.10. The van der Waals surface area contributed by atoms with Crippen LogP contribution in [0.15, 0.2) is 24.3 Å². The van der Waals surface area contributed by atoms with Crippen LogP contribution in [-0.4, -0.2) is 40.4 Å². The van der Waals surface area contributed by atoms with Gasteiger partial charge >= 0.3 is 5.97 Å². The Balaban J connectivity index is 2.25. The number of amides is 2. The molecule has 0 aromatic heterocycles. The first-order valence-electron chi connectivity index (χ1n) is 7.80. The monoisotopic (exact) mass is 318 g/mol. The van der Waals surface area contributed by atoms with Gasteiger partial charge in [-0.25, -0.2) is 0 Å². The SMILES string of the molecule is CCC(C)C(=O)N1Cc2ccccc2CC1C(=O)NCC(=O)O. The van der Waals surface area contributed by atoms with Gasteiger partial charge in [0.05, 0.1) is 0 Å². The molecule has 1 aromatic carbocycles. The van der Waals surface area contributed by atoms with Crippen molar-refractivity contribution < 1.29 is 19.5 Å². The van der Waals surface area contributed by atoms with Crippen LogP contribution in [0.3, 0.4) is 0 Å². The Labute approximate surface area is 135 Å². The van der Waals surface area contributed by atoms with Crippen LogP contribution in [0.2, 0.25) is 0 Å².